The van der Waals surface area contributed by atoms with Crippen molar-refractivity contribution >= 4 is 27.5 Å². The first-order valence-electron chi connectivity index (χ1n) is 7.81. The van der Waals surface area contributed by atoms with Crippen molar-refractivity contribution in [3.05, 3.63) is 59.1 Å². The highest BCUT2D eigenvalue weighted by molar-refractivity contribution is 9.10. The van der Waals surface area contributed by atoms with Gasteiger partial charge in [0.25, 0.3) is 5.91 Å². The lowest BCUT2D eigenvalue weighted by atomic mass is 10.3. The predicted octanol–water partition coefficient (Wildman–Crippen LogP) is 2.65. The number of carbonyl (C=O) groups excluding carboxylic acids is 1. The molecule has 25 heavy (non-hydrogen) atoms. The number of benzene rings is 1. The van der Waals surface area contributed by atoms with Crippen LogP contribution in [0.5, 0.6) is 0 Å². The Bertz CT molecular complexity index is 869. The molecule has 3 aromatic rings. The Labute approximate surface area is 154 Å². The second-order valence-corrected chi connectivity index (χ2v) is 6.79. The van der Waals surface area contributed by atoms with E-state index in [1.165, 1.54) is 0 Å². The molecule has 0 spiro atoms. The molecule has 0 bridgehead atoms. The van der Waals surface area contributed by atoms with Gasteiger partial charge in [-0.2, -0.15) is 10.2 Å². The van der Waals surface area contributed by atoms with E-state index in [0.29, 0.717) is 11.4 Å². The molecular weight excluding hydrogens is 384 g/mol. The predicted molar refractivity (Wildman–Crippen MR) is 100.0 cm³/mol. The molecule has 2 heterocycles. The van der Waals surface area contributed by atoms with Crippen LogP contribution in [-0.2, 0) is 6.54 Å². The second kappa shape index (κ2) is 7.62. The number of hydrogen-bond acceptors (Lipinski definition) is 4. The quantitative estimate of drug-likeness (QED) is 0.687. The van der Waals surface area contributed by atoms with Crippen LogP contribution < -0.4 is 5.32 Å². The molecule has 0 radical (unpaired) electrons. The molecule has 1 amide bonds. The normalized spacial score (nSPS) is 11.0. The third kappa shape index (κ3) is 4.55. The van der Waals surface area contributed by atoms with E-state index in [1.54, 1.807) is 27.8 Å². The zero-order valence-electron chi connectivity index (χ0n) is 14.1. The van der Waals surface area contributed by atoms with Gasteiger partial charge in [0.2, 0.25) is 0 Å². The number of anilines is 1. The van der Waals surface area contributed by atoms with Gasteiger partial charge in [-0.15, -0.1) is 0 Å². The summed E-state index contributed by atoms with van der Waals surface area (Å²) in [7, 11) is 4.02. The maximum Gasteiger partial charge on any atom is 0.276 e. The number of amides is 1. The summed E-state index contributed by atoms with van der Waals surface area (Å²) >= 11 is 3.43. The molecule has 0 saturated carbocycles. The summed E-state index contributed by atoms with van der Waals surface area (Å²) in [5, 5.41) is 11.4. The molecule has 0 aliphatic carbocycles. The van der Waals surface area contributed by atoms with Crippen molar-refractivity contribution < 1.29 is 4.79 Å². The van der Waals surface area contributed by atoms with E-state index in [2.05, 4.69) is 36.3 Å². The van der Waals surface area contributed by atoms with Crippen LogP contribution in [0.4, 0.5) is 5.69 Å². The van der Waals surface area contributed by atoms with Gasteiger partial charge >= 0.3 is 0 Å². The summed E-state index contributed by atoms with van der Waals surface area (Å²) in [6.45, 7) is 1.65. The monoisotopic (exact) mass is 402 g/mol. The van der Waals surface area contributed by atoms with Crippen molar-refractivity contribution in [1.82, 2.24) is 24.5 Å². The molecular formula is C17H19BrN6O. The number of aromatic nitrogens is 4. The van der Waals surface area contributed by atoms with Crippen molar-refractivity contribution in [2.24, 2.45) is 0 Å². The third-order valence-corrected chi connectivity index (χ3v) is 4.06. The fraction of sp³-hybridized carbons (Fsp3) is 0.235. The Kier molecular flexibility index (Phi) is 5.30. The molecule has 1 N–H and O–H groups in total. The summed E-state index contributed by atoms with van der Waals surface area (Å²) in [6.07, 6.45) is 5.21. The molecule has 0 atom stereocenters. The van der Waals surface area contributed by atoms with Crippen molar-refractivity contribution in [3.63, 3.8) is 0 Å². The molecule has 3 rings (SSSR count). The SMILES string of the molecule is CN(C)CCn1cc(NC(=O)c2ccn(-c3cccc(Br)c3)n2)cn1. The van der Waals surface area contributed by atoms with Crippen molar-refractivity contribution in [2.45, 2.75) is 6.54 Å². The molecule has 8 heteroatoms. The van der Waals surface area contributed by atoms with Gasteiger partial charge in [0.15, 0.2) is 5.69 Å². The Morgan fingerprint density at radius 3 is 2.92 bits per heavy atom. The Hall–Kier alpha value is -2.45. The zero-order chi connectivity index (χ0) is 17.8. The maximum atomic E-state index is 12.4. The van der Waals surface area contributed by atoms with E-state index in [9.17, 15) is 4.79 Å². The van der Waals surface area contributed by atoms with E-state index in [1.807, 2.05) is 44.6 Å². The standard InChI is InChI=1S/C17H19BrN6O/c1-22(2)8-9-23-12-14(11-19-23)20-17(25)16-6-7-24(21-16)15-5-3-4-13(18)10-15/h3-7,10-12H,8-9H2,1-2H3,(H,20,25). The summed E-state index contributed by atoms with van der Waals surface area (Å²) < 4.78 is 4.42. The highest BCUT2D eigenvalue weighted by Crippen LogP contribution is 2.15. The van der Waals surface area contributed by atoms with Crippen LogP contribution in [0, 0.1) is 0 Å². The second-order valence-electron chi connectivity index (χ2n) is 5.87. The number of carbonyl (C=O) groups is 1. The van der Waals surface area contributed by atoms with E-state index in [4.69, 9.17) is 0 Å². The first-order chi connectivity index (χ1) is 12.0. The molecule has 0 fully saturated rings. The number of nitrogens with zero attached hydrogens (tertiary/aromatic N) is 5. The van der Waals surface area contributed by atoms with Crippen molar-refractivity contribution in [1.29, 1.82) is 0 Å². The first kappa shape index (κ1) is 17.4. The highest BCUT2D eigenvalue weighted by atomic mass is 79.9. The molecule has 0 unspecified atom stereocenters. The van der Waals surface area contributed by atoms with Crippen molar-refractivity contribution in [2.75, 3.05) is 26.0 Å². The largest absolute Gasteiger partial charge is 0.318 e. The Balaban J connectivity index is 1.66. The summed E-state index contributed by atoms with van der Waals surface area (Å²) in [6, 6.07) is 9.40. The average molecular weight is 403 g/mol. The smallest absolute Gasteiger partial charge is 0.276 e. The fourth-order valence-corrected chi connectivity index (χ4v) is 2.64. The van der Waals surface area contributed by atoms with Crippen LogP contribution >= 0.6 is 15.9 Å². The van der Waals surface area contributed by atoms with Crippen molar-refractivity contribution in [3.8, 4) is 5.69 Å². The van der Waals surface area contributed by atoms with Gasteiger partial charge in [-0.3, -0.25) is 9.48 Å². The van der Waals surface area contributed by atoms with E-state index in [0.717, 1.165) is 23.2 Å². The van der Waals surface area contributed by atoms with Crippen LogP contribution in [0.1, 0.15) is 10.5 Å². The van der Waals surface area contributed by atoms with Crippen LogP contribution in [-0.4, -0.2) is 51.0 Å². The molecule has 0 saturated heterocycles. The molecule has 7 nitrogen and oxygen atoms in total. The van der Waals surface area contributed by atoms with Gasteiger partial charge in [0.05, 0.1) is 24.1 Å². The fourth-order valence-electron chi connectivity index (χ4n) is 2.26. The van der Waals surface area contributed by atoms with Gasteiger partial charge in [0, 0.05) is 23.4 Å². The van der Waals surface area contributed by atoms with E-state index in [-0.39, 0.29) is 5.91 Å². The zero-order valence-corrected chi connectivity index (χ0v) is 15.6. The number of halogens is 1. The number of rotatable bonds is 6. The van der Waals surface area contributed by atoms with Crippen LogP contribution in [0.3, 0.4) is 0 Å². The number of likely N-dealkylation sites (N-methyl/N-ethyl adjacent to an activating group) is 1. The van der Waals surface area contributed by atoms with Crippen LogP contribution in [0.15, 0.2) is 53.4 Å². The van der Waals surface area contributed by atoms with Gasteiger partial charge in [-0.1, -0.05) is 22.0 Å². The number of hydrogen-bond donors (Lipinski definition) is 1. The third-order valence-electron chi connectivity index (χ3n) is 3.56. The molecule has 1 aromatic carbocycles. The lowest BCUT2D eigenvalue weighted by Crippen LogP contribution is -2.18. The van der Waals surface area contributed by atoms with E-state index >= 15 is 0 Å². The average Bonchev–Trinajstić information content (AvgIpc) is 3.22. The summed E-state index contributed by atoms with van der Waals surface area (Å²) in [5.41, 5.74) is 1.88. The minimum absolute atomic E-state index is 0.263. The molecule has 130 valence electrons. The first-order valence-corrected chi connectivity index (χ1v) is 8.61. The minimum atomic E-state index is -0.263. The minimum Gasteiger partial charge on any atom is -0.318 e. The lowest BCUT2D eigenvalue weighted by molar-refractivity contribution is 0.102. The lowest BCUT2D eigenvalue weighted by Gasteiger charge is -2.08. The van der Waals surface area contributed by atoms with Gasteiger partial charge < -0.3 is 10.2 Å². The van der Waals surface area contributed by atoms with Gasteiger partial charge in [0.1, 0.15) is 0 Å². The van der Waals surface area contributed by atoms with Gasteiger partial charge in [-0.25, -0.2) is 4.68 Å². The summed E-state index contributed by atoms with van der Waals surface area (Å²) in [5.74, 6) is -0.263. The molecule has 0 aliphatic rings. The van der Waals surface area contributed by atoms with Gasteiger partial charge in [-0.05, 0) is 38.4 Å². The highest BCUT2D eigenvalue weighted by Gasteiger charge is 2.12. The Morgan fingerprint density at radius 2 is 2.16 bits per heavy atom. The van der Waals surface area contributed by atoms with E-state index < -0.39 is 0 Å². The Morgan fingerprint density at radius 1 is 1.32 bits per heavy atom. The topological polar surface area (TPSA) is 68.0 Å². The maximum absolute atomic E-state index is 12.4. The van der Waals surface area contributed by atoms with Crippen LogP contribution in [0.2, 0.25) is 0 Å². The molecule has 2 aromatic heterocycles. The number of nitrogens with one attached hydrogen (secondary N) is 1. The van der Waals surface area contributed by atoms with Crippen LogP contribution in [0.25, 0.3) is 5.69 Å². The molecule has 0 aliphatic heterocycles. The summed E-state index contributed by atoms with van der Waals surface area (Å²) in [4.78, 5) is 14.4.